The summed E-state index contributed by atoms with van der Waals surface area (Å²) in [5, 5.41) is 7.88. The largest absolute Gasteiger partial charge is 0.493 e. The fourth-order valence-electron chi connectivity index (χ4n) is 3.59. The quantitative estimate of drug-likeness (QED) is 0.312. The van der Waals surface area contributed by atoms with Crippen molar-refractivity contribution in [2.24, 2.45) is 5.92 Å². The van der Waals surface area contributed by atoms with Crippen LogP contribution in [0.5, 0.6) is 5.75 Å². The molecule has 0 unspecified atom stereocenters. The number of nitrogens with one attached hydrogen (secondary N) is 1. The Hall–Kier alpha value is -2.85. The van der Waals surface area contributed by atoms with Gasteiger partial charge in [0.05, 0.1) is 18.1 Å². The van der Waals surface area contributed by atoms with Crippen LogP contribution in [0, 0.1) is 11.7 Å². The van der Waals surface area contributed by atoms with Gasteiger partial charge in [-0.1, -0.05) is 25.7 Å². The van der Waals surface area contributed by atoms with Gasteiger partial charge < -0.3 is 14.8 Å². The number of ether oxygens (including phenoxy) is 2. The molecule has 4 rings (SSSR count). The number of anilines is 1. The van der Waals surface area contributed by atoms with Gasteiger partial charge >= 0.3 is 0 Å². The fourth-order valence-corrected chi connectivity index (χ4v) is 4.35. The molecule has 10 heteroatoms. The fraction of sp³-hybridized carbons (Fsp3) is 0.458. The first-order chi connectivity index (χ1) is 16.2. The van der Waals surface area contributed by atoms with Gasteiger partial charge in [0.25, 0.3) is 0 Å². The smallest absolute Gasteiger partial charge is 0.231 e. The normalized spacial score (nSPS) is 17.7. The number of alkyl halides is 1. The van der Waals surface area contributed by atoms with E-state index in [0.717, 1.165) is 6.04 Å². The molecule has 1 amide bonds. The third-order valence-corrected chi connectivity index (χ3v) is 7.32. The molecule has 182 valence electrons. The minimum atomic E-state index is -1.27. The number of pyridine rings is 1. The van der Waals surface area contributed by atoms with E-state index in [2.05, 4.69) is 35.0 Å². The minimum absolute atomic E-state index is 0.124. The summed E-state index contributed by atoms with van der Waals surface area (Å²) in [5.74, 6) is -0.823. The number of carbonyl (C=O) groups excluding carboxylic acids is 1. The highest BCUT2D eigenvalue weighted by Gasteiger charge is 2.43. The molecule has 34 heavy (non-hydrogen) atoms. The lowest BCUT2D eigenvalue weighted by atomic mass is 10.1. The van der Waals surface area contributed by atoms with Gasteiger partial charge in [-0.15, -0.1) is 0 Å². The second kappa shape index (κ2) is 9.79. The summed E-state index contributed by atoms with van der Waals surface area (Å²) in [6, 6.07) is 8.96. The lowest BCUT2D eigenvalue weighted by Gasteiger charge is -2.15. The Kier molecular flexibility index (Phi) is 6.99. The van der Waals surface area contributed by atoms with Crippen molar-refractivity contribution in [1.82, 2.24) is 14.8 Å². The molecule has 0 radical (unpaired) electrons. The van der Waals surface area contributed by atoms with Crippen molar-refractivity contribution in [1.29, 1.82) is 0 Å². The molecule has 7 nitrogen and oxygen atoms in total. The van der Waals surface area contributed by atoms with Crippen LogP contribution < -0.4 is 10.1 Å². The molecule has 2 heterocycles. The van der Waals surface area contributed by atoms with Crippen LogP contribution in [0.15, 0.2) is 30.3 Å². The first kappa shape index (κ1) is 24.3. The molecule has 3 aromatic rings. The molecule has 0 aliphatic heterocycles. The first-order valence-electron chi connectivity index (χ1n) is 11.5. The standard InChI is InChI=1S/C24H30F2N4O3Si/c1-5-33-19-8-6-7-17(25)21(19)22-15-9-10-20(28-24(31)16-13-18(16)26)27-23(15)30(29-22)14-32-11-12-34(2,3)4/h6-10,16,18H,5,11-14H2,1-4H3,(H,27,28,31)/t16-,18+/m1/s1. The molecule has 2 atom stereocenters. The van der Waals surface area contributed by atoms with E-state index in [1.165, 1.54) is 6.07 Å². The number of halogens is 2. The van der Waals surface area contributed by atoms with E-state index < -0.39 is 31.9 Å². The summed E-state index contributed by atoms with van der Waals surface area (Å²) in [6.07, 6.45) is -0.868. The van der Waals surface area contributed by atoms with E-state index >= 15 is 0 Å². The van der Waals surface area contributed by atoms with E-state index in [1.54, 1.807) is 28.9 Å². The predicted octanol–water partition coefficient (Wildman–Crippen LogP) is 5.24. The van der Waals surface area contributed by atoms with Crippen LogP contribution in [-0.4, -0.2) is 48.1 Å². The second-order valence-corrected chi connectivity index (χ2v) is 15.3. The second-order valence-electron chi connectivity index (χ2n) is 9.66. The highest BCUT2D eigenvalue weighted by atomic mass is 28.3. The highest BCUT2D eigenvalue weighted by molar-refractivity contribution is 6.76. The lowest BCUT2D eigenvalue weighted by Crippen LogP contribution is -2.22. The topological polar surface area (TPSA) is 78.3 Å². The van der Waals surface area contributed by atoms with Crippen LogP contribution in [0.3, 0.4) is 0 Å². The predicted molar refractivity (Wildman–Crippen MR) is 130 cm³/mol. The van der Waals surface area contributed by atoms with Gasteiger partial charge in [-0.25, -0.2) is 18.4 Å². The Morgan fingerprint density at radius 2 is 2.03 bits per heavy atom. The van der Waals surface area contributed by atoms with Crippen molar-refractivity contribution in [2.45, 2.75) is 51.9 Å². The highest BCUT2D eigenvalue weighted by Crippen LogP contribution is 2.37. The number of amides is 1. The van der Waals surface area contributed by atoms with Gasteiger partial charge in [-0.05, 0) is 43.7 Å². The van der Waals surface area contributed by atoms with Crippen molar-refractivity contribution in [3.8, 4) is 17.0 Å². The van der Waals surface area contributed by atoms with E-state index in [1.807, 2.05) is 6.92 Å². The minimum Gasteiger partial charge on any atom is -0.493 e. The molecule has 1 aliphatic carbocycles. The lowest BCUT2D eigenvalue weighted by molar-refractivity contribution is -0.117. The zero-order valence-corrected chi connectivity index (χ0v) is 20.9. The van der Waals surface area contributed by atoms with Gasteiger partial charge in [0, 0.05) is 20.1 Å². The number of fused-ring (bicyclic) bond motifs is 1. The third-order valence-electron chi connectivity index (χ3n) is 5.62. The zero-order chi connectivity index (χ0) is 24.5. The third kappa shape index (κ3) is 5.44. The Bertz CT molecular complexity index is 1190. The molecule has 0 spiro atoms. The molecule has 1 aliphatic rings. The zero-order valence-electron chi connectivity index (χ0n) is 19.9. The molecule has 1 aromatic carbocycles. The van der Waals surface area contributed by atoms with Crippen LogP contribution in [-0.2, 0) is 16.3 Å². The van der Waals surface area contributed by atoms with Crippen LogP contribution >= 0.6 is 0 Å². The van der Waals surface area contributed by atoms with E-state index in [9.17, 15) is 13.6 Å². The Morgan fingerprint density at radius 3 is 2.71 bits per heavy atom. The Labute approximate surface area is 198 Å². The number of carbonyl (C=O) groups is 1. The molecule has 2 aromatic heterocycles. The maximum Gasteiger partial charge on any atom is 0.231 e. The van der Waals surface area contributed by atoms with Crippen molar-refractivity contribution in [2.75, 3.05) is 18.5 Å². The number of rotatable bonds is 10. The monoisotopic (exact) mass is 488 g/mol. The molecule has 1 fully saturated rings. The summed E-state index contributed by atoms with van der Waals surface area (Å²) in [7, 11) is -1.27. The van der Waals surface area contributed by atoms with Gasteiger partial charge in [-0.2, -0.15) is 5.10 Å². The number of nitrogens with zero attached hydrogens (tertiary/aromatic N) is 3. The van der Waals surface area contributed by atoms with Crippen molar-refractivity contribution in [3.63, 3.8) is 0 Å². The molecular weight excluding hydrogens is 458 g/mol. The number of aromatic nitrogens is 3. The summed E-state index contributed by atoms with van der Waals surface area (Å²) in [5.41, 5.74) is 1.05. The number of hydrogen-bond donors (Lipinski definition) is 1. The maximum absolute atomic E-state index is 14.9. The van der Waals surface area contributed by atoms with Crippen LogP contribution in [0.25, 0.3) is 22.3 Å². The van der Waals surface area contributed by atoms with Crippen LogP contribution in [0.1, 0.15) is 13.3 Å². The first-order valence-corrected chi connectivity index (χ1v) is 15.2. The SMILES string of the molecule is CCOc1cccc(F)c1-c1nn(COCC[Si](C)(C)C)c2nc(NC(=O)[C@@H]3C[C@@H]3F)ccc12. The number of benzene rings is 1. The molecular formula is C24H30F2N4O3Si. The summed E-state index contributed by atoms with van der Waals surface area (Å²) in [4.78, 5) is 16.7. The maximum atomic E-state index is 14.9. The van der Waals surface area contributed by atoms with Crippen molar-refractivity contribution < 1.29 is 23.0 Å². The Morgan fingerprint density at radius 1 is 1.26 bits per heavy atom. The van der Waals surface area contributed by atoms with Gasteiger partial charge in [0.2, 0.25) is 5.91 Å². The summed E-state index contributed by atoms with van der Waals surface area (Å²) in [6.45, 7) is 9.71. The van der Waals surface area contributed by atoms with Crippen molar-refractivity contribution in [3.05, 3.63) is 36.1 Å². The van der Waals surface area contributed by atoms with Crippen molar-refractivity contribution >= 4 is 30.8 Å². The molecule has 0 bridgehead atoms. The molecule has 1 N–H and O–H groups in total. The van der Waals surface area contributed by atoms with E-state index in [-0.39, 0.29) is 24.5 Å². The van der Waals surface area contributed by atoms with Crippen LogP contribution in [0.4, 0.5) is 14.6 Å². The van der Waals surface area contributed by atoms with E-state index in [4.69, 9.17) is 9.47 Å². The summed E-state index contributed by atoms with van der Waals surface area (Å²) < 4.78 is 41.3. The van der Waals surface area contributed by atoms with Gasteiger partial charge in [0.1, 0.15) is 36.0 Å². The van der Waals surface area contributed by atoms with Gasteiger partial charge in [0.15, 0.2) is 5.65 Å². The van der Waals surface area contributed by atoms with Gasteiger partial charge in [-0.3, -0.25) is 4.79 Å². The molecule has 1 saturated carbocycles. The van der Waals surface area contributed by atoms with Crippen LogP contribution in [0.2, 0.25) is 25.7 Å². The average molecular weight is 489 g/mol. The van der Waals surface area contributed by atoms with E-state index in [0.29, 0.717) is 35.7 Å². The summed E-state index contributed by atoms with van der Waals surface area (Å²) >= 11 is 0. The Balaban J connectivity index is 1.71. The average Bonchev–Trinajstić information content (AvgIpc) is 3.41. The molecule has 0 saturated heterocycles. The number of hydrogen-bond acceptors (Lipinski definition) is 5.